The Labute approximate surface area is 148 Å². The molecule has 4 rings (SSSR count). The lowest BCUT2D eigenvalue weighted by atomic mass is 9.74. The molecule has 0 spiro atoms. The minimum Gasteiger partial charge on any atom is -0.454 e. The van der Waals surface area contributed by atoms with Crippen molar-refractivity contribution >= 4 is 0 Å². The monoisotopic (exact) mass is 340 g/mol. The van der Waals surface area contributed by atoms with Crippen LogP contribution in [-0.2, 0) is 10.2 Å². The number of nitrogens with zero attached hydrogens (tertiary/aromatic N) is 1. The van der Waals surface area contributed by atoms with Gasteiger partial charge in [0.2, 0.25) is 6.79 Å². The van der Waals surface area contributed by atoms with Gasteiger partial charge in [0.15, 0.2) is 11.5 Å². The highest BCUT2D eigenvalue weighted by Crippen LogP contribution is 2.40. The highest BCUT2D eigenvalue weighted by atomic mass is 16.7. The van der Waals surface area contributed by atoms with Crippen LogP contribution in [0.2, 0.25) is 0 Å². The Morgan fingerprint density at radius 3 is 2.80 bits per heavy atom. The van der Waals surface area contributed by atoms with E-state index in [1.54, 1.807) is 0 Å². The van der Waals surface area contributed by atoms with Crippen molar-refractivity contribution in [1.29, 1.82) is 0 Å². The molecule has 0 radical (unpaired) electrons. The van der Waals surface area contributed by atoms with Gasteiger partial charge < -0.3 is 19.5 Å². The van der Waals surface area contributed by atoms with Gasteiger partial charge >= 0.3 is 0 Å². The highest BCUT2D eigenvalue weighted by Gasteiger charge is 2.35. The van der Waals surface area contributed by atoms with Crippen LogP contribution < -0.4 is 14.8 Å². The number of fused-ring (bicyclic) bond motifs is 1. The van der Waals surface area contributed by atoms with E-state index in [0.717, 1.165) is 44.1 Å². The number of ether oxygens (including phenoxy) is 3. The average Bonchev–Trinajstić information content (AvgIpc) is 3.15. The van der Waals surface area contributed by atoms with E-state index in [0.29, 0.717) is 6.79 Å². The van der Waals surface area contributed by atoms with Crippen LogP contribution >= 0.6 is 0 Å². The molecule has 2 aliphatic heterocycles. The van der Waals surface area contributed by atoms with E-state index < -0.39 is 0 Å². The van der Waals surface area contributed by atoms with Gasteiger partial charge in [0.05, 0.1) is 0 Å². The summed E-state index contributed by atoms with van der Waals surface area (Å²) in [6.07, 6.45) is 5.73. The van der Waals surface area contributed by atoms with Gasteiger partial charge in [-0.05, 0) is 49.1 Å². The lowest BCUT2D eigenvalue weighted by Gasteiger charge is -2.39. The predicted octanol–water partition coefficient (Wildman–Crippen LogP) is 3.21. The zero-order chi connectivity index (χ0) is 17.1. The average molecular weight is 340 g/mol. The van der Waals surface area contributed by atoms with Gasteiger partial charge in [-0.15, -0.1) is 0 Å². The van der Waals surface area contributed by atoms with Crippen molar-refractivity contribution in [3.05, 3.63) is 53.9 Å². The van der Waals surface area contributed by atoms with Crippen molar-refractivity contribution in [2.75, 3.05) is 26.6 Å². The van der Waals surface area contributed by atoms with E-state index in [1.165, 1.54) is 11.1 Å². The summed E-state index contributed by atoms with van der Waals surface area (Å²) in [7, 11) is 0. The number of aromatic nitrogens is 1. The minimum atomic E-state index is 0.0513. The normalized spacial score (nSPS) is 19.6. The molecule has 5 heteroatoms. The summed E-state index contributed by atoms with van der Waals surface area (Å²) >= 11 is 0. The fourth-order valence-electron chi connectivity index (χ4n) is 3.65. The zero-order valence-corrected chi connectivity index (χ0v) is 14.5. The van der Waals surface area contributed by atoms with Crippen molar-refractivity contribution in [1.82, 2.24) is 10.3 Å². The van der Waals surface area contributed by atoms with Crippen LogP contribution in [-0.4, -0.2) is 31.5 Å². The second-order valence-electron chi connectivity index (χ2n) is 6.85. The molecule has 1 aromatic heterocycles. The van der Waals surface area contributed by atoms with Crippen molar-refractivity contribution in [2.24, 2.45) is 0 Å². The number of nitrogens with one attached hydrogen (secondary N) is 1. The standard InChI is InChI=1S/C20H24N2O3/c1-15(16-3-2-8-21-12-16)22-13-20(6-9-23-10-7-20)17-4-5-18-19(11-17)25-14-24-18/h2-5,8,11-12,15,22H,6-7,9-10,13-14H2,1H3. The molecular formula is C20H24N2O3. The van der Waals surface area contributed by atoms with E-state index in [-0.39, 0.29) is 11.5 Å². The van der Waals surface area contributed by atoms with E-state index in [1.807, 2.05) is 24.5 Å². The van der Waals surface area contributed by atoms with Gasteiger partial charge in [-0.25, -0.2) is 0 Å². The smallest absolute Gasteiger partial charge is 0.231 e. The quantitative estimate of drug-likeness (QED) is 0.906. The highest BCUT2D eigenvalue weighted by molar-refractivity contribution is 5.47. The fourth-order valence-corrected chi connectivity index (χ4v) is 3.65. The minimum absolute atomic E-state index is 0.0513. The second kappa shape index (κ2) is 7.02. The summed E-state index contributed by atoms with van der Waals surface area (Å²) in [6, 6.07) is 10.7. The van der Waals surface area contributed by atoms with Crippen molar-refractivity contribution in [2.45, 2.75) is 31.2 Å². The number of hydrogen-bond acceptors (Lipinski definition) is 5. The molecule has 132 valence electrons. The van der Waals surface area contributed by atoms with E-state index in [2.05, 4.69) is 35.4 Å². The predicted molar refractivity (Wildman–Crippen MR) is 95.0 cm³/mol. The Balaban J connectivity index is 1.55. The maximum Gasteiger partial charge on any atom is 0.231 e. The van der Waals surface area contributed by atoms with Crippen LogP contribution in [0, 0.1) is 0 Å². The molecule has 0 aliphatic carbocycles. The lowest BCUT2D eigenvalue weighted by Crippen LogP contribution is -2.43. The molecular weight excluding hydrogens is 316 g/mol. The van der Waals surface area contributed by atoms with E-state index >= 15 is 0 Å². The molecule has 1 atom stereocenters. The van der Waals surface area contributed by atoms with Crippen molar-refractivity contribution < 1.29 is 14.2 Å². The Morgan fingerprint density at radius 1 is 1.16 bits per heavy atom. The maximum atomic E-state index is 5.64. The molecule has 2 aliphatic rings. The van der Waals surface area contributed by atoms with Crippen LogP contribution in [0.1, 0.15) is 36.9 Å². The molecule has 1 aromatic carbocycles. The van der Waals surface area contributed by atoms with Crippen LogP contribution in [0.3, 0.4) is 0 Å². The first-order chi connectivity index (χ1) is 12.3. The Hall–Kier alpha value is -2.11. The first-order valence-corrected chi connectivity index (χ1v) is 8.88. The number of pyridine rings is 1. The SMILES string of the molecule is CC(NCC1(c2ccc3c(c2)OCO3)CCOCC1)c1cccnc1. The molecule has 2 aromatic rings. The summed E-state index contributed by atoms with van der Waals surface area (Å²) in [5, 5.41) is 3.71. The topological polar surface area (TPSA) is 52.6 Å². The molecule has 1 unspecified atom stereocenters. The van der Waals surface area contributed by atoms with E-state index in [4.69, 9.17) is 14.2 Å². The number of benzene rings is 1. The van der Waals surface area contributed by atoms with Crippen LogP contribution in [0.4, 0.5) is 0 Å². The molecule has 0 bridgehead atoms. The number of rotatable bonds is 5. The van der Waals surface area contributed by atoms with Gasteiger partial charge in [0.25, 0.3) is 0 Å². The van der Waals surface area contributed by atoms with Crippen LogP contribution in [0.5, 0.6) is 11.5 Å². The van der Waals surface area contributed by atoms with Crippen molar-refractivity contribution in [3.8, 4) is 11.5 Å². The van der Waals surface area contributed by atoms with Gasteiger partial charge in [0, 0.05) is 43.6 Å². The van der Waals surface area contributed by atoms with Crippen LogP contribution in [0.25, 0.3) is 0 Å². The molecule has 0 saturated carbocycles. The largest absolute Gasteiger partial charge is 0.454 e. The summed E-state index contributed by atoms with van der Waals surface area (Å²) in [4.78, 5) is 4.22. The van der Waals surface area contributed by atoms with E-state index in [9.17, 15) is 0 Å². The molecule has 0 amide bonds. The van der Waals surface area contributed by atoms with Gasteiger partial charge in [0.1, 0.15) is 0 Å². The zero-order valence-electron chi connectivity index (χ0n) is 14.5. The fraction of sp³-hybridized carbons (Fsp3) is 0.450. The molecule has 5 nitrogen and oxygen atoms in total. The summed E-state index contributed by atoms with van der Waals surface area (Å²) in [6.45, 7) is 4.97. The molecule has 1 N–H and O–H groups in total. The third-order valence-electron chi connectivity index (χ3n) is 5.37. The number of hydrogen-bond donors (Lipinski definition) is 1. The molecule has 1 fully saturated rings. The maximum absolute atomic E-state index is 5.64. The third-order valence-corrected chi connectivity index (χ3v) is 5.37. The summed E-state index contributed by atoms with van der Waals surface area (Å²) in [5.74, 6) is 1.69. The molecule has 3 heterocycles. The molecule has 1 saturated heterocycles. The Bertz CT molecular complexity index is 714. The molecule has 25 heavy (non-hydrogen) atoms. The third kappa shape index (κ3) is 3.34. The van der Waals surface area contributed by atoms with Gasteiger partial charge in [-0.3, -0.25) is 4.98 Å². The summed E-state index contributed by atoms with van der Waals surface area (Å²) < 4.78 is 16.7. The Morgan fingerprint density at radius 2 is 2.00 bits per heavy atom. The summed E-state index contributed by atoms with van der Waals surface area (Å²) in [5.41, 5.74) is 2.55. The lowest BCUT2D eigenvalue weighted by molar-refractivity contribution is 0.0489. The first kappa shape index (κ1) is 16.4. The second-order valence-corrected chi connectivity index (χ2v) is 6.85. The Kier molecular flexibility index (Phi) is 4.59. The van der Waals surface area contributed by atoms with Gasteiger partial charge in [-0.2, -0.15) is 0 Å². The van der Waals surface area contributed by atoms with Crippen molar-refractivity contribution in [3.63, 3.8) is 0 Å². The first-order valence-electron chi connectivity index (χ1n) is 8.88. The van der Waals surface area contributed by atoms with Gasteiger partial charge in [-0.1, -0.05) is 12.1 Å². The van der Waals surface area contributed by atoms with Crippen LogP contribution in [0.15, 0.2) is 42.7 Å².